The summed E-state index contributed by atoms with van der Waals surface area (Å²) in [4.78, 5) is 0. The van der Waals surface area contributed by atoms with E-state index in [1.165, 1.54) is 0 Å². The molecule has 0 saturated carbocycles. The first-order valence-electron chi connectivity index (χ1n) is 6.19. The molecule has 0 aliphatic heterocycles. The lowest BCUT2D eigenvalue weighted by atomic mass is 10.1. The highest BCUT2D eigenvalue weighted by molar-refractivity contribution is 9.10. The molecule has 1 unspecified atom stereocenters. The van der Waals surface area contributed by atoms with Crippen molar-refractivity contribution in [3.05, 3.63) is 57.5 Å². The fourth-order valence-electron chi connectivity index (χ4n) is 1.93. The summed E-state index contributed by atoms with van der Waals surface area (Å²) in [6, 6.07) is 13.5. The molecule has 0 heterocycles. The summed E-state index contributed by atoms with van der Waals surface area (Å²) < 4.78 is 6.14. The lowest BCUT2D eigenvalue weighted by molar-refractivity contribution is 0.412. The molecule has 0 aliphatic carbocycles. The Morgan fingerprint density at radius 3 is 2.50 bits per heavy atom. The normalized spacial score (nSPS) is 12.0. The van der Waals surface area contributed by atoms with Crippen molar-refractivity contribution in [2.24, 2.45) is 5.73 Å². The van der Waals surface area contributed by atoms with Gasteiger partial charge in [-0.15, -0.1) is 0 Å². The van der Waals surface area contributed by atoms with Gasteiger partial charge in [0.2, 0.25) is 0 Å². The Balaban J connectivity index is 2.19. The third-order valence-corrected chi connectivity index (χ3v) is 3.87. The van der Waals surface area contributed by atoms with Gasteiger partial charge >= 0.3 is 0 Å². The van der Waals surface area contributed by atoms with Crippen LogP contribution in [0.15, 0.2) is 46.9 Å². The number of nitrogens with one attached hydrogen (secondary N) is 1. The molecule has 0 amide bonds. The van der Waals surface area contributed by atoms with E-state index in [-0.39, 0.29) is 6.04 Å². The number of halogens is 2. The maximum Gasteiger partial charge on any atom is 0.133 e. The minimum Gasteiger partial charge on any atom is -0.496 e. The van der Waals surface area contributed by atoms with E-state index in [1.807, 2.05) is 42.5 Å². The summed E-state index contributed by atoms with van der Waals surface area (Å²) in [6.45, 7) is 0.487. The number of rotatable bonds is 5. The van der Waals surface area contributed by atoms with E-state index in [1.54, 1.807) is 7.11 Å². The van der Waals surface area contributed by atoms with Crippen molar-refractivity contribution in [3.8, 4) is 5.75 Å². The molecule has 0 aromatic heterocycles. The standard InChI is InChI=1S/C15H16BrClN2O/c1-20-15-7-2-10(8-13(15)16)14(9-18)19-12-5-3-11(17)4-6-12/h2-8,14,19H,9,18H2,1H3. The monoisotopic (exact) mass is 354 g/mol. The van der Waals surface area contributed by atoms with Gasteiger partial charge in [0, 0.05) is 17.3 Å². The van der Waals surface area contributed by atoms with Crippen molar-refractivity contribution in [2.45, 2.75) is 6.04 Å². The highest BCUT2D eigenvalue weighted by Gasteiger charge is 2.11. The van der Waals surface area contributed by atoms with Crippen molar-refractivity contribution in [3.63, 3.8) is 0 Å². The first kappa shape index (κ1) is 15.2. The lowest BCUT2D eigenvalue weighted by Gasteiger charge is -2.19. The molecule has 0 aliphatic rings. The van der Waals surface area contributed by atoms with E-state index in [0.717, 1.165) is 21.5 Å². The average molecular weight is 356 g/mol. The van der Waals surface area contributed by atoms with Crippen LogP contribution in [-0.4, -0.2) is 13.7 Å². The number of ether oxygens (including phenoxy) is 1. The van der Waals surface area contributed by atoms with Crippen LogP contribution in [0.5, 0.6) is 5.75 Å². The second-order valence-electron chi connectivity index (χ2n) is 4.33. The summed E-state index contributed by atoms with van der Waals surface area (Å²) in [7, 11) is 1.64. The number of anilines is 1. The molecule has 2 rings (SSSR count). The van der Waals surface area contributed by atoms with Crippen molar-refractivity contribution in [2.75, 3.05) is 19.0 Å². The van der Waals surface area contributed by atoms with Crippen LogP contribution in [0.3, 0.4) is 0 Å². The topological polar surface area (TPSA) is 47.3 Å². The predicted octanol–water partition coefficient (Wildman–Crippen LogP) is 4.22. The lowest BCUT2D eigenvalue weighted by Crippen LogP contribution is -2.20. The fraction of sp³-hybridized carbons (Fsp3) is 0.200. The van der Waals surface area contributed by atoms with E-state index >= 15 is 0 Å². The number of nitrogens with two attached hydrogens (primary N) is 1. The fourth-order valence-corrected chi connectivity index (χ4v) is 2.61. The molecule has 0 radical (unpaired) electrons. The number of hydrogen-bond acceptors (Lipinski definition) is 3. The van der Waals surface area contributed by atoms with Gasteiger partial charge in [0.15, 0.2) is 0 Å². The minimum atomic E-state index is 0.0263. The molecule has 3 N–H and O–H groups in total. The average Bonchev–Trinajstić information content (AvgIpc) is 2.46. The van der Waals surface area contributed by atoms with E-state index in [9.17, 15) is 0 Å². The van der Waals surface area contributed by atoms with E-state index in [0.29, 0.717) is 11.6 Å². The van der Waals surface area contributed by atoms with E-state index in [2.05, 4.69) is 21.2 Å². The van der Waals surface area contributed by atoms with Crippen LogP contribution in [0.25, 0.3) is 0 Å². The van der Waals surface area contributed by atoms with E-state index < -0.39 is 0 Å². The van der Waals surface area contributed by atoms with Crippen molar-refractivity contribution >= 4 is 33.2 Å². The van der Waals surface area contributed by atoms with Crippen LogP contribution in [0.2, 0.25) is 5.02 Å². The maximum atomic E-state index is 5.88. The van der Waals surface area contributed by atoms with Gasteiger partial charge in [-0.2, -0.15) is 0 Å². The SMILES string of the molecule is COc1ccc(C(CN)Nc2ccc(Cl)cc2)cc1Br. The molecule has 3 nitrogen and oxygen atoms in total. The Kier molecular flexibility index (Phi) is 5.29. The van der Waals surface area contributed by atoms with Gasteiger partial charge in [-0.1, -0.05) is 17.7 Å². The quantitative estimate of drug-likeness (QED) is 0.844. The van der Waals surface area contributed by atoms with Crippen LogP contribution in [0.4, 0.5) is 5.69 Å². The van der Waals surface area contributed by atoms with E-state index in [4.69, 9.17) is 22.1 Å². The van der Waals surface area contributed by atoms with Gasteiger partial charge in [-0.25, -0.2) is 0 Å². The predicted molar refractivity (Wildman–Crippen MR) is 87.6 cm³/mol. The molecule has 2 aromatic rings. The molecule has 0 bridgehead atoms. The number of hydrogen-bond donors (Lipinski definition) is 2. The van der Waals surface area contributed by atoms with Gasteiger partial charge in [0.1, 0.15) is 5.75 Å². The first-order valence-corrected chi connectivity index (χ1v) is 7.36. The molecule has 0 saturated heterocycles. The third kappa shape index (κ3) is 3.66. The Bertz CT molecular complexity index is 575. The molecule has 106 valence electrons. The van der Waals surface area contributed by atoms with Crippen LogP contribution in [0, 0.1) is 0 Å². The maximum absolute atomic E-state index is 5.88. The van der Waals surface area contributed by atoms with Crippen molar-refractivity contribution < 1.29 is 4.74 Å². The highest BCUT2D eigenvalue weighted by Crippen LogP contribution is 2.29. The van der Waals surface area contributed by atoms with Gasteiger partial charge < -0.3 is 15.8 Å². The molecule has 2 aromatic carbocycles. The van der Waals surface area contributed by atoms with Crippen LogP contribution < -0.4 is 15.8 Å². The largest absolute Gasteiger partial charge is 0.496 e. The summed E-state index contributed by atoms with van der Waals surface area (Å²) in [5.41, 5.74) is 7.94. The van der Waals surface area contributed by atoms with Gasteiger partial charge in [0.05, 0.1) is 17.6 Å². The van der Waals surface area contributed by atoms with Crippen LogP contribution >= 0.6 is 27.5 Å². The van der Waals surface area contributed by atoms with Crippen molar-refractivity contribution in [1.29, 1.82) is 0 Å². The molecular weight excluding hydrogens is 340 g/mol. The van der Waals surface area contributed by atoms with Crippen molar-refractivity contribution in [1.82, 2.24) is 0 Å². The molecule has 0 fully saturated rings. The second kappa shape index (κ2) is 6.97. The zero-order chi connectivity index (χ0) is 14.5. The Morgan fingerprint density at radius 2 is 1.95 bits per heavy atom. The zero-order valence-corrected chi connectivity index (χ0v) is 13.4. The Morgan fingerprint density at radius 1 is 1.25 bits per heavy atom. The molecular formula is C15H16BrClN2O. The van der Waals surface area contributed by atoms with Crippen LogP contribution in [0.1, 0.15) is 11.6 Å². The molecule has 0 spiro atoms. The van der Waals surface area contributed by atoms with Gasteiger partial charge in [0.25, 0.3) is 0 Å². The summed E-state index contributed by atoms with van der Waals surface area (Å²) in [6.07, 6.45) is 0. The molecule has 1 atom stereocenters. The number of benzene rings is 2. The number of methoxy groups -OCH3 is 1. The first-order chi connectivity index (χ1) is 9.63. The summed E-state index contributed by atoms with van der Waals surface area (Å²) in [5, 5.41) is 4.11. The molecule has 5 heteroatoms. The zero-order valence-electron chi connectivity index (χ0n) is 11.1. The summed E-state index contributed by atoms with van der Waals surface area (Å²) in [5.74, 6) is 0.802. The minimum absolute atomic E-state index is 0.0263. The van der Waals surface area contributed by atoms with Gasteiger partial charge in [-0.3, -0.25) is 0 Å². The van der Waals surface area contributed by atoms with Gasteiger partial charge in [-0.05, 0) is 57.9 Å². The van der Waals surface area contributed by atoms with Crippen LogP contribution in [-0.2, 0) is 0 Å². The Labute approximate surface area is 132 Å². The molecule has 20 heavy (non-hydrogen) atoms. The second-order valence-corrected chi connectivity index (χ2v) is 5.62. The smallest absolute Gasteiger partial charge is 0.133 e. The third-order valence-electron chi connectivity index (χ3n) is 3.00. The summed E-state index contributed by atoms with van der Waals surface area (Å²) >= 11 is 9.37. The highest BCUT2D eigenvalue weighted by atomic mass is 79.9. The Hall–Kier alpha value is -1.23.